The minimum Gasteiger partial charge on any atom is -0.481 e. The van der Waals surface area contributed by atoms with Gasteiger partial charge in [-0.2, -0.15) is 5.10 Å². The Hall–Kier alpha value is -4.72. The van der Waals surface area contributed by atoms with Gasteiger partial charge in [0, 0.05) is 49.6 Å². The number of nitrogens with one attached hydrogen (secondary N) is 2. The van der Waals surface area contributed by atoms with Crippen molar-refractivity contribution >= 4 is 11.6 Å². The van der Waals surface area contributed by atoms with Crippen LogP contribution in [0.5, 0.6) is 5.88 Å². The van der Waals surface area contributed by atoms with Crippen LogP contribution in [0.1, 0.15) is 51.6 Å². The standard InChI is InChI=1S/C34H37FN6O6/c1-17-21(23-14-20(35)15-26(18(23)2)37-31(43)30-33(44)40(3)34(45)41(4)39-30)7-6-8-22(17)27-13-19-9-10-25(29(19)32(38-27)46-5)36-24-11-12-47-16-28(24)42/h6-8,13-15,24-25,28,36,42H,9-12,16H2,1-5H3,(H,37,43)/t24-,25+,28+/m1/s1. The highest BCUT2D eigenvalue weighted by Crippen LogP contribution is 2.42. The summed E-state index contributed by atoms with van der Waals surface area (Å²) in [6.45, 7) is 4.60. The largest absolute Gasteiger partial charge is 0.481 e. The van der Waals surface area contributed by atoms with Crippen molar-refractivity contribution < 1.29 is 23.8 Å². The number of halogens is 1. The van der Waals surface area contributed by atoms with E-state index in [0.29, 0.717) is 35.9 Å². The van der Waals surface area contributed by atoms with Crippen molar-refractivity contribution in [3.8, 4) is 28.3 Å². The van der Waals surface area contributed by atoms with E-state index in [-0.39, 0.29) is 17.8 Å². The number of ether oxygens (including phenoxy) is 2. The molecule has 3 N–H and O–H groups in total. The Bertz CT molecular complexity index is 2010. The van der Waals surface area contributed by atoms with Crippen LogP contribution in [0.2, 0.25) is 0 Å². The van der Waals surface area contributed by atoms with Crippen molar-refractivity contribution in [2.24, 2.45) is 14.1 Å². The monoisotopic (exact) mass is 644 g/mol. The summed E-state index contributed by atoms with van der Waals surface area (Å²) < 4.78 is 28.0. The van der Waals surface area contributed by atoms with Crippen molar-refractivity contribution in [3.63, 3.8) is 0 Å². The van der Waals surface area contributed by atoms with E-state index in [4.69, 9.17) is 14.5 Å². The van der Waals surface area contributed by atoms with E-state index < -0.39 is 34.8 Å². The predicted molar refractivity (Wildman–Crippen MR) is 173 cm³/mol. The molecular formula is C34H37FN6O6. The third-order valence-electron chi connectivity index (χ3n) is 9.15. The average molecular weight is 645 g/mol. The lowest BCUT2D eigenvalue weighted by atomic mass is 9.91. The smallest absolute Gasteiger partial charge is 0.346 e. The minimum absolute atomic E-state index is 0.00795. The van der Waals surface area contributed by atoms with Gasteiger partial charge in [0.2, 0.25) is 11.6 Å². The van der Waals surface area contributed by atoms with Crippen molar-refractivity contribution in [2.45, 2.75) is 51.3 Å². The predicted octanol–water partition coefficient (Wildman–Crippen LogP) is 2.95. The molecule has 3 heterocycles. The lowest BCUT2D eigenvalue weighted by Crippen LogP contribution is -2.47. The zero-order valence-corrected chi connectivity index (χ0v) is 26.9. The Morgan fingerprint density at radius 3 is 2.60 bits per heavy atom. The topological polar surface area (TPSA) is 150 Å². The zero-order valence-electron chi connectivity index (χ0n) is 26.9. The van der Waals surface area contributed by atoms with Crippen molar-refractivity contribution in [3.05, 3.63) is 91.0 Å². The molecule has 0 unspecified atom stereocenters. The van der Waals surface area contributed by atoms with Crippen LogP contribution in [0, 0.1) is 19.7 Å². The maximum Gasteiger partial charge on any atom is 0.346 e. The first-order chi connectivity index (χ1) is 22.5. The summed E-state index contributed by atoms with van der Waals surface area (Å²) >= 11 is 0. The first kappa shape index (κ1) is 32.2. The van der Waals surface area contributed by atoms with Crippen molar-refractivity contribution in [1.29, 1.82) is 0 Å². The van der Waals surface area contributed by atoms with Crippen LogP contribution in [0.25, 0.3) is 22.4 Å². The fourth-order valence-electron chi connectivity index (χ4n) is 6.56. The summed E-state index contributed by atoms with van der Waals surface area (Å²) in [4.78, 5) is 42.6. The molecule has 0 bridgehead atoms. The Balaban J connectivity index is 1.34. The number of hydrogen-bond donors (Lipinski definition) is 3. The molecule has 1 aliphatic heterocycles. The molecule has 0 spiro atoms. The zero-order chi connectivity index (χ0) is 33.6. The number of hydrogen-bond acceptors (Lipinski definition) is 9. The van der Waals surface area contributed by atoms with Crippen LogP contribution >= 0.6 is 0 Å². The molecule has 246 valence electrons. The van der Waals surface area contributed by atoms with E-state index in [0.717, 1.165) is 56.3 Å². The van der Waals surface area contributed by atoms with Gasteiger partial charge < -0.3 is 25.2 Å². The molecule has 12 nitrogen and oxygen atoms in total. The SMILES string of the molecule is COc1nc(-c2cccc(-c3cc(F)cc(NC(=O)c4nn(C)c(=O)n(C)c4=O)c3C)c2C)cc2c1[C@@H](N[C@@H]1CCOC[C@@H]1O)CC2. The normalized spacial score (nSPS) is 19.0. The van der Waals surface area contributed by atoms with Gasteiger partial charge in [0.25, 0.3) is 11.5 Å². The number of nitrogens with zero attached hydrogens (tertiary/aromatic N) is 4. The molecule has 2 aliphatic rings. The highest BCUT2D eigenvalue weighted by atomic mass is 19.1. The summed E-state index contributed by atoms with van der Waals surface area (Å²) in [6.07, 6.45) is 1.81. The second-order valence-corrected chi connectivity index (χ2v) is 12.1. The lowest BCUT2D eigenvalue weighted by molar-refractivity contribution is -0.0304. The van der Waals surface area contributed by atoms with Gasteiger partial charge in [-0.3, -0.25) is 14.2 Å². The van der Waals surface area contributed by atoms with E-state index in [1.54, 1.807) is 14.0 Å². The first-order valence-corrected chi connectivity index (χ1v) is 15.4. The average Bonchev–Trinajstić information content (AvgIpc) is 3.46. The summed E-state index contributed by atoms with van der Waals surface area (Å²) in [5.74, 6) is -0.929. The fraction of sp³-hybridized carbons (Fsp3) is 0.382. The highest BCUT2D eigenvalue weighted by Gasteiger charge is 2.33. The van der Waals surface area contributed by atoms with Gasteiger partial charge >= 0.3 is 5.69 Å². The van der Waals surface area contributed by atoms with Gasteiger partial charge in [0.05, 0.1) is 25.5 Å². The summed E-state index contributed by atoms with van der Waals surface area (Å²) in [7, 11) is 4.18. The quantitative estimate of drug-likeness (QED) is 0.276. The van der Waals surface area contributed by atoms with E-state index in [2.05, 4.69) is 21.8 Å². The maximum absolute atomic E-state index is 15.1. The van der Waals surface area contributed by atoms with E-state index >= 15 is 4.39 Å². The number of carbonyl (C=O) groups is 1. The van der Waals surface area contributed by atoms with Gasteiger partial charge in [0.15, 0.2) is 0 Å². The number of aliphatic hydroxyl groups excluding tert-OH is 1. The summed E-state index contributed by atoms with van der Waals surface area (Å²) in [5.41, 5.74) is 4.51. The molecule has 2 aromatic carbocycles. The van der Waals surface area contributed by atoms with Crippen LogP contribution in [0.15, 0.2) is 46.0 Å². The number of benzene rings is 2. The molecule has 0 saturated carbocycles. The van der Waals surface area contributed by atoms with Crippen LogP contribution < -0.4 is 26.6 Å². The van der Waals surface area contributed by atoms with Crippen LogP contribution in [-0.2, 0) is 25.3 Å². The van der Waals surface area contributed by atoms with Gasteiger partial charge in [0.1, 0.15) is 5.82 Å². The molecule has 2 aromatic heterocycles. The molecule has 6 rings (SSSR count). The molecule has 1 saturated heterocycles. The van der Waals surface area contributed by atoms with Gasteiger partial charge in [-0.15, -0.1) is 0 Å². The molecule has 13 heteroatoms. The van der Waals surface area contributed by atoms with E-state index in [1.807, 2.05) is 25.1 Å². The fourth-order valence-corrected chi connectivity index (χ4v) is 6.56. The number of aryl methyl sites for hydroxylation is 2. The van der Waals surface area contributed by atoms with Crippen molar-refractivity contribution in [1.82, 2.24) is 24.6 Å². The molecule has 1 amide bonds. The van der Waals surface area contributed by atoms with Crippen LogP contribution in [0.3, 0.4) is 0 Å². The van der Waals surface area contributed by atoms with Gasteiger partial charge in [-0.1, -0.05) is 18.2 Å². The number of carbonyl (C=O) groups excluding carboxylic acids is 1. The summed E-state index contributed by atoms with van der Waals surface area (Å²) in [5, 5.41) is 20.5. The Kier molecular flexibility index (Phi) is 8.79. The van der Waals surface area contributed by atoms with Gasteiger partial charge in [-0.25, -0.2) is 18.9 Å². The molecule has 1 aliphatic carbocycles. The van der Waals surface area contributed by atoms with E-state index in [9.17, 15) is 19.5 Å². The van der Waals surface area contributed by atoms with E-state index in [1.165, 1.54) is 26.2 Å². The molecule has 1 fully saturated rings. The first-order valence-electron chi connectivity index (χ1n) is 15.4. The van der Waals surface area contributed by atoms with Crippen LogP contribution in [0.4, 0.5) is 10.1 Å². The molecule has 47 heavy (non-hydrogen) atoms. The maximum atomic E-state index is 15.1. The Labute approximate surface area is 270 Å². The highest BCUT2D eigenvalue weighted by molar-refractivity contribution is 6.03. The van der Waals surface area contributed by atoms with Gasteiger partial charge in [-0.05, 0) is 79.1 Å². The lowest BCUT2D eigenvalue weighted by Gasteiger charge is -2.31. The number of aliphatic hydroxyl groups is 1. The van der Waals surface area contributed by atoms with Crippen LogP contribution in [-0.4, -0.2) is 62.8 Å². The third kappa shape index (κ3) is 5.97. The molecule has 0 radical (unpaired) electrons. The Morgan fingerprint density at radius 1 is 1.09 bits per heavy atom. The molecular weight excluding hydrogens is 607 g/mol. The number of rotatable bonds is 7. The summed E-state index contributed by atoms with van der Waals surface area (Å²) in [6, 6.07) is 10.3. The number of amides is 1. The number of aromatic nitrogens is 4. The number of anilines is 1. The number of pyridine rings is 1. The molecule has 3 atom stereocenters. The minimum atomic E-state index is -0.861. The third-order valence-corrected chi connectivity index (χ3v) is 9.15. The van der Waals surface area contributed by atoms with Crippen molar-refractivity contribution in [2.75, 3.05) is 25.6 Å². The Morgan fingerprint density at radius 2 is 1.85 bits per heavy atom. The number of fused-ring (bicyclic) bond motifs is 1. The second-order valence-electron chi connectivity index (χ2n) is 12.1. The molecule has 4 aromatic rings. The number of methoxy groups -OCH3 is 1. The second kappa shape index (κ2) is 12.8.